The van der Waals surface area contributed by atoms with E-state index in [1.807, 2.05) is 0 Å². The maximum atomic E-state index is 13.1. The van der Waals surface area contributed by atoms with E-state index in [1.165, 1.54) is 53.9 Å². The molecular formula is C26H28ClN3O6S2. The van der Waals surface area contributed by atoms with Crippen molar-refractivity contribution in [3.63, 3.8) is 0 Å². The number of aryl methyl sites for hydroxylation is 1. The molecule has 1 unspecified atom stereocenters. The van der Waals surface area contributed by atoms with Crippen molar-refractivity contribution in [2.75, 3.05) is 30.2 Å². The van der Waals surface area contributed by atoms with E-state index in [4.69, 9.17) is 16.3 Å². The van der Waals surface area contributed by atoms with Gasteiger partial charge < -0.3 is 10.1 Å². The number of piperidine rings is 1. The van der Waals surface area contributed by atoms with E-state index in [0.717, 1.165) is 5.56 Å². The first-order chi connectivity index (χ1) is 18.0. The molecule has 4 rings (SSSR count). The summed E-state index contributed by atoms with van der Waals surface area (Å²) in [5.41, 5.74) is 1.50. The molecule has 0 radical (unpaired) electrons. The van der Waals surface area contributed by atoms with Gasteiger partial charge in [-0.15, -0.1) is 0 Å². The van der Waals surface area contributed by atoms with Gasteiger partial charge in [-0.05, 0) is 86.0 Å². The molecule has 1 saturated heterocycles. The fourth-order valence-electron chi connectivity index (χ4n) is 4.14. The number of nitrogens with zero attached hydrogens (tertiary/aromatic N) is 1. The molecule has 0 aromatic heterocycles. The number of sulfonamides is 2. The summed E-state index contributed by atoms with van der Waals surface area (Å²) < 4.78 is 60.8. The Kier molecular flexibility index (Phi) is 8.31. The van der Waals surface area contributed by atoms with Crippen LogP contribution >= 0.6 is 11.6 Å². The summed E-state index contributed by atoms with van der Waals surface area (Å²) in [6.45, 7) is 2.14. The molecule has 0 saturated carbocycles. The van der Waals surface area contributed by atoms with E-state index < -0.39 is 26.0 Å². The normalized spacial score (nSPS) is 16.6. The van der Waals surface area contributed by atoms with Crippen LogP contribution in [0.4, 0.5) is 11.4 Å². The average Bonchev–Trinajstić information content (AvgIpc) is 2.91. The van der Waals surface area contributed by atoms with Gasteiger partial charge in [-0.25, -0.2) is 16.8 Å². The van der Waals surface area contributed by atoms with Crippen LogP contribution in [0.5, 0.6) is 5.75 Å². The highest BCUT2D eigenvalue weighted by atomic mass is 35.5. The second kappa shape index (κ2) is 11.3. The van der Waals surface area contributed by atoms with Gasteiger partial charge in [0, 0.05) is 23.8 Å². The van der Waals surface area contributed by atoms with Crippen LogP contribution in [0.2, 0.25) is 5.02 Å². The lowest BCUT2D eigenvalue weighted by molar-refractivity contribution is -0.120. The zero-order chi connectivity index (χ0) is 27.5. The molecule has 1 heterocycles. The number of hydrogen-bond donors (Lipinski definition) is 2. The number of hydrogen-bond acceptors (Lipinski definition) is 6. The van der Waals surface area contributed by atoms with Gasteiger partial charge in [0.25, 0.3) is 10.0 Å². The Morgan fingerprint density at radius 3 is 2.29 bits per heavy atom. The van der Waals surface area contributed by atoms with Gasteiger partial charge in [-0.1, -0.05) is 17.7 Å². The van der Waals surface area contributed by atoms with Crippen LogP contribution in [0.1, 0.15) is 18.4 Å². The highest BCUT2D eigenvalue weighted by molar-refractivity contribution is 7.92. The van der Waals surface area contributed by atoms with Crippen LogP contribution in [0.15, 0.2) is 76.5 Å². The Hall–Kier alpha value is -3.12. The van der Waals surface area contributed by atoms with E-state index in [2.05, 4.69) is 10.0 Å². The molecule has 1 amide bonds. The maximum Gasteiger partial charge on any atom is 0.261 e. The molecule has 0 spiro atoms. The third kappa shape index (κ3) is 6.29. The quantitative estimate of drug-likeness (QED) is 0.406. The average molecular weight is 578 g/mol. The molecular weight excluding hydrogens is 550 g/mol. The highest BCUT2D eigenvalue weighted by Gasteiger charge is 2.33. The zero-order valence-electron chi connectivity index (χ0n) is 20.8. The molecule has 9 nitrogen and oxygen atoms in total. The van der Waals surface area contributed by atoms with Crippen LogP contribution < -0.4 is 14.8 Å². The van der Waals surface area contributed by atoms with Gasteiger partial charge in [-0.3, -0.25) is 9.52 Å². The van der Waals surface area contributed by atoms with Crippen molar-refractivity contribution in [1.82, 2.24) is 4.31 Å². The summed E-state index contributed by atoms with van der Waals surface area (Å²) in [5.74, 6) is -0.329. The zero-order valence-corrected chi connectivity index (χ0v) is 23.2. The number of carbonyl (C=O) groups excluding carboxylic acids is 1. The first kappa shape index (κ1) is 27.9. The Morgan fingerprint density at radius 2 is 1.63 bits per heavy atom. The van der Waals surface area contributed by atoms with Crippen molar-refractivity contribution in [3.05, 3.63) is 77.3 Å². The van der Waals surface area contributed by atoms with Crippen LogP contribution in [-0.2, 0) is 24.8 Å². The number of methoxy groups -OCH3 is 1. The number of nitrogens with one attached hydrogen (secondary N) is 2. The second-order valence-corrected chi connectivity index (χ2v) is 13.0. The van der Waals surface area contributed by atoms with E-state index in [9.17, 15) is 21.6 Å². The van der Waals surface area contributed by atoms with E-state index in [-0.39, 0.29) is 22.2 Å². The molecule has 2 N–H and O–H groups in total. The first-order valence-electron chi connectivity index (χ1n) is 11.8. The van der Waals surface area contributed by atoms with E-state index in [0.29, 0.717) is 41.5 Å². The minimum atomic E-state index is -3.88. The molecule has 0 bridgehead atoms. The van der Waals surface area contributed by atoms with Crippen molar-refractivity contribution in [2.24, 2.45) is 5.92 Å². The molecule has 12 heteroatoms. The summed E-state index contributed by atoms with van der Waals surface area (Å²) >= 11 is 5.99. The molecule has 1 aliphatic rings. The Labute approximate surface area is 227 Å². The summed E-state index contributed by atoms with van der Waals surface area (Å²) in [6, 6.07) is 16.8. The van der Waals surface area contributed by atoms with Gasteiger partial charge in [0.15, 0.2) is 0 Å². The van der Waals surface area contributed by atoms with Crippen molar-refractivity contribution < 1.29 is 26.4 Å². The van der Waals surface area contributed by atoms with Gasteiger partial charge in [-0.2, -0.15) is 4.31 Å². The van der Waals surface area contributed by atoms with Gasteiger partial charge in [0.2, 0.25) is 15.9 Å². The number of rotatable bonds is 8. The van der Waals surface area contributed by atoms with Crippen molar-refractivity contribution in [1.29, 1.82) is 0 Å². The number of ether oxygens (including phenoxy) is 1. The number of benzene rings is 3. The first-order valence-corrected chi connectivity index (χ1v) is 15.1. The summed E-state index contributed by atoms with van der Waals surface area (Å²) in [7, 11) is -6.14. The fourth-order valence-corrected chi connectivity index (χ4v) is 6.96. The van der Waals surface area contributed by atoms with Crippen molar-refractivity contribution >= 4 is 48.9 Å². The van der Waals surface area contributed by atoms with Crippen LogP contribution in [0.3, 0.4) is 0 Å². The van der Waals surface area contributed by atoms with Crippen molar-refractivity contribution in [2.45, 2.75) is 29.6 Å². The minimum Gasteiger partial charge on any atom is -0.497 e. The minimum absolute atomic E-state index is 0.0179. The predicted octanol–water partition coefficient (Wildman–Crippen LogP) is 4.50. The van der Waals surface area contributed by atoms with Crippen LogP contribution in [-0.4, -0.2) is 47.2 Å². The molecule has 3 aromatic carbocycles. The summed E-state index contributed by atoms with van der Waals surface area (Å²) in [5, 5.41) is 3.18. The van der Waals surface area contributed by atoms with Crippen LogP contribution in [0, 0.1) is 12.8 Å². The standard InChI is InChI=1S/C26H28ClN3O6S2/c1-18-5-6-20(27)16-25(18)29-37(32,33)23-11-7-21(8-12-23)28-26(31)19-4-3-15-30(17-19)38(34,35)24-13-9-22(36-2)10-14-24/h5-14,16,19,29H,3-4,15,17H2,1-2H3,(H,28,31). The summed E-state index contributed by atoms with van der Waals surface area (Å²) in [6.07, 6.45) is 1.08. The fraction of sp³-hybridized carbons (Fsp3) is 0.269. The lowest BCUT2D eigenvalue weighted by Gasteiger charge is -2.31. The molecule has 202 valence electrons. The molecule has 1 fully saturated rings. The summed E-state index contributed by atoms with van der Waals surface area (Å²) in [4.78, 5) is 13.1. The molecule has 1 atom stereocenters. The Bertz CT molecular complexity index is 1530. The number of carbonyl (C=O) groups is 1. The van der Waals surface area contributed by atoms with Gasteiger partial charge in [0.05, 0.1) is 28.5 Å². The topological polar surface area (TPSA) is 122 Å². The van der Waals surface area contributed by atoms with Crippen molar-refractivity contribution in [3.8, 4) is 5.75 Å². The Morgan fingerprint density at radius 1 is 0.974 bits per heavy atom. The highest BCUT2D eigenvalue weighted by Crippen LogP contribution is 2.27. The van der Waals surface area contributed by atoms with Gasteiger partial charge >= 0.3 is 0 Å². The smallest absolute Gasteiger partial charge is 0.261 e. The lowest BCUT2D eigenvalue weighted by atomic mass is 9.99. The number of amides is 1. The number of anilines is 2. The third-order valence-electron chi connectivity index (χ3n) is 6.33. The predicted molar refractivity (Wildman–Crippen MR) is 147 cm³/mol. The monoisotopic (exact) mass is 577 g/mol. The maximum absolute atomic E-state index is 13.1. The number of halogens is 1. The lowest BCUT2D eigenvalue weighted by Crippen LogP contribution is -2.43. The Balaban J connectivity index is 1.41. The molecule has 3 aromatic rings. The van der Waals surface area contributed by atoms with E-state index >= 15 is 0 Å². The largest absolute Gasteiger partial charge is 0.497 e. The van der Waals surface area contributed by atoms with E-state index in [1.54, 1.807) is 31.2 Å². The third-order valence-corrected chi connectivity index (χ3v) is 9.82. The van der Waals surface area contributed by atoms with Crippen LogP contribution in [0.25, 0.3) is 0 Å². The second-order valence-electron chi connectivity index (χ2n) is 8.96. The van der Waals surface area contributed by atoms with Gasteiger partial charge in [0.1, 0.15) is 5.75 Å². The molecule has 38 heavy (non-hydrogen) atoms. The molecule has 0 aliphatic carbocycles. The SMILES string of the molecule is COc1ccc(S(=O)(=O)N2CCCC(C(=O)Nc3ccc(S(=O)(=O)Nc4cc(Cl)ccc4C)cc3)C2)cc1. The molecule has 1 aliphatic heterocycles.